The van der Waals surface area contributed by atoms with Crippen molar-refractivity contribution in [1.29, 1.82) is 0 Å². The second kappa shape index (κ2) is 6.26. The fourth-order valence-corrected chi connectivity index (χ4v) is 2.57. The molecule has 1 unspecified atom stereocenters. The number of aromatic carboxylic acids is 1. The highest BCUT2D eigenvalue weighted by atomic mass is 16.5. The lowest BCUT2D eigenvalue weighted by Crippen LogP contribution is -2.22. The number of carbonyl (C=O) groups is 1. The zero-order chi connectivity index (χ0) is 15.6. The first kappa shape index (κ1) is 15.5. The zero-order valence-electron chi connectivity index (χ0n) is 13.0. The first-order chi connectivity index (χ1) is 9.95. The normalized spacial score (nSPS) is 13.0. The molecule has 0 spiro atoms. The molecule has 5 nitrogen and oxygen atoms in total. The Morgan fingerprint density at radius 3 is 2.71 bits per heavy atom. The van der Waals surface area contributed by atoms with E-state index in [9.17, 15) is 9.90 Å². The van der Waals surface area contributed by atoms with Gasteiger partial charge >= 0.3 is 5.97 Å². The molecule has 0 aliphatic heterocycles. The number of rotatable bonds is 6. The summed E-state index contributed by atoms with van der Waals surface area (Å²) in [5.74, 6) is 0.320. The maximum absolute atomic E-state index is 11.2. The maximum Gasteiger partial charge on any atom is 0.335 e. The van der Waals surface area contributed by atoms with Crippen LogP contribution in [0.15, 0.2) is 18.2 Å². The molecule has 2 rings (SSSR count). The van der Waals surface area contributed by atoms with Crippen molar-refractivity contribution in [3.63, 3.8) is 0 Å². The standard InChI is InChI=1S/C16H22N2O3/c1-5-21-9-15(10(2)3)18-11(4)17-13-7-6-12(16(19)20)8-14(13)18/h6-8,10,15H,5,9H2,1-4H3,(H,19,20). The quantitative estimate of drug-likeness (QED) is 0.886. The fourth-order valence-electron chi connectivity index (χ4n) is 2.57. The SMILES string of the molecule is CCOCC(C(C)C)n1c(C)nc2ccc(C(=O)O)cc21. The van der Waals surface area contributed by atoms with Gasteiger partial charge in [0, 0.05) is 6.61 Å². The van der Waals surface area contributed by atoms with E-state index in [1.165, 1.54) is 0 Å². The Kier molecular flexibility index (Phi) is 4.63. The molecule has 21 heavy (non-hydrogen) atoms. The van der Waals surface area contributed by atoms with Crippen LogP contribution in [-0.2, 0) is 4.74 Å². The molecule has 114 valence electrons. The number of benzene rings is 1. The number of hydrogen-bond donors (Lipinski definition) is 1. The van der Waals surface area contributed by atoms with Gasteiger partial charge in [-0.25, -0.2) is 9.78 Å². The van der Waals surface area contributed by atoms with E-state index in [0.717, 1.165) is 16.9 Å². The summed E-state index contributed by atoms with van der Waals surface area (Å²) in [6.07, 6.45) is 0. The number of ether oxygens (including phenoxy) is 1. The molecule has 1 aromatic heterocycles. The number of nitrogens with zero attached hydrogens (tertiary/aromatic N) is 2. The maximum atomic E-state index is 11.2. The molecular formula is C16H22N2O3. The van der Waals surface area contributed by atoms with Crippen molar-refractivity contribution in [2.75, 3.05) is 13.2 Å². The summed E-state index contributed by atoms with van der Waals surface area (Å²) in [6, 6.07) is 5.19. The average molecular weight is 290 g/mol. The third-order valence-electron chi connectivity index (χ3n) is 3.71. The molecule has 0 bridgehead atoms. The zero-order valence-corrected chi connectivity index (χ0v) is 13.0. The van der Waals surface area contributed by atoms with E-state index in [2.05, 4.69) is 23.4 Å². The van der Waals surface area contributed by atoms with Crippen LogP contribution in [0.3, 0.4) is 0 Å². The van der Waals surface area contributed by atoms with Crippen molar-refractivity contribution in [3.8, 4) is 0 Å². The molecule has 0 aliphatic carbocycles. The number of carboxylic acids is 1. The average Bonchev–Trinajstić information content (AvgIpc) is 2.74. The molecule has 0 radical (unpaired) electrons. The van der Waals surface area contributed by atoms with Gasteiger partial charge in [-0.1, -0.05) is 13.8 Å². The second-order valence-electron chi connectivity index (χ2n) is 5.51. The van der Waals surface area contributed by atoms with Crippen molar-refractivity contribution in [2.45, 2.75) is 33.7 Å². The number of hydrogen-bond acceptors (Lipinski definition) is 3. The highest BCUT2D eigenvalue weighted by Gasteiger charge is 2.21. The smallest absolute Gasteiger partial charge is 0.335 e. The van der Waals surface area contributed by atoms with Crippen LogP contribution in [0.25, 0.3) is 11.0 Å². The monoisotopic (exact) mass is 290 g/mol. The van der Waals surface area contributed by atoms with Crippen LogP contribution < -0.4 is 0 Å². The summed E-state index contributed by atoms with van der Waals surface area (Å²) in [4.78, 5) is 15.7. The predicted molar refractivity (Wildman–Crippen MR) is 81.8 cm³/mol. The summed E-state index contributed by atoms with van der Waals surface area (Å²) in [5.41, 5.74) is 1.95. The molecule has 1 atom stereocenters. The lowest BCUT2D eigenvalue weighted by molar-refractivity contribution is 0.0697. The third kappa shape index (κ3) is 3.08. The van der Waals surface area contributed by atoms with E-state index in [1.54, 1.807) is 18.2 Å². The molecule has 0 aliphatic rings. The summed E-state index contributed by atoms with van der Waals surface area (Å²) in [5, 5.41) is 9.18. The van der Waals surface area contributed by atoms with Crippen molar-refractivity contribution >= 4 is 17.0 Å². The number of fused-ring (bicyclic) bond motifs is 1. The summed E-state index contributed by atoms with van der Waals surface area (Å²) >= 11 is 0. The molecule has 2 aromatic rings. The van der Waals surface area contributed by atoms with Crippen molar-refractivity contribution in [2.24, 2.45) is 5.92 Å². The largest absolute Gasteiger partial charge is 0.478 e. The van der Waals surface area contributed by atoms with Crippen molar-refractivity contribution in [3.05, 3.63) is 29.6 Å². The lowest BCUT2D eigenvalue weighted by Gasteiger charge is -2.24. The van der Waals surface area contributed by atoms with Gasteiger partial charge in [0.05, 0.1) is 29.2 Å². The van der Waals surface area contributed by atoms with E-state index >= 15 is 0 Å². The van der Waals surface area contributed by atoms with Gasteiger partial charge in [-0.2, -0.15) is 0 Å². The Hall–Kier alpha value is -1.88. The van der Waals surface area contributed by atoms with Gasteiger partial charge in [-0.3, -0.25) is 0 Å². The first-order valence-corrected chi connectivity index (χ1v) is 7.25. The van der Waals surface area contributed by atoms with Gasteiger partial charge in [0.25, 0.3) is 0 Å². The highest BCUT2D eigenvalue weighted by Crippen LogP contribution is 2.27. The van der Waals surface area contributed by atoms with Crippen LogP contribution >= 0.6 is 0 Å². The predicted octanol–water partition coefficient (Wildman–Crippen LogP) is 3.28. The molecule has 0 amide bonds. The van der Waals surface area contributed by atoms with Gasteiger partial charge in [0.15, 0.2) is 0 Å². The van der Waals surface area contributed by atoms with Crippen LogP contribution in [0.4, 0.5) is 0 Å². The van der Waals surface area contributed by atoms with E-state index in [0.29, 0.717) is 19.1 Å². The van der Waals surface area contributed by atoms with E-state index in [4.69, 9.17) is 4.74 Å². The van der Waals surface area contributed by atoms with E-state index in [-0.39, 0.29) is 11.6 Å². The van der Waals surface area contributed by atoms with Crippen molar-refractivity contribution in [1.82, 2.24) is 9.55 Å². The summed E-state index contributed by atoms with van der Waals surface area (Å²) in [7, 11) is 0. The second-order valence-corrected chi connectivity index (χ2v) is 5.51. The Morgan fingerprint density at radius 2 is 2.14 bits per heavy atom. The Bertz CT molecular complexity index is 646. The van der Waals surface area contributed by atoms with Crippen LogP contribution in [0, 0.1) is 12.8 Å². The van der Waals surface area contributed by atoms with Gasteiger partial charge in [-0.05, 0) is 38.0 Å². The number of carboxylic acid groups (broad SMARTS) is 1. The number of aryl methyl sites for hydroxylation is 1. The summed E-state index contributed by atoms with van der Waals surface area (Å²) < 4.78 is 7.70. The fraction of sp³-hybridized carbons (Fsp3) is 0.500. The van der Waals surface area contributed by atoms with Gasteiger partial charge in [0.2, 0.25) is 0 Å². The highest BCUT2D eigenvalue weighted by molar-refractivity contribution is 5.92. The Labute approximate surface area is 124 Å². The molecule has 5 heteroatoms. The number of aromatic nitrogens is 2. The molecule has 1 N–H and O–H groups in total. The molecule has 0 saturated carbocycles. The van der Waals surface area contributed by atoms with Crippen LogP contribution in [0.2, 0.25) is 0 Å². The van der Waals surface area contributed by atoms with Crippen molar-refractivity contribution < 1.29 is 14.6 Å². The molecule has 1 heterocycles. The Morgan fingerprint density at radius 1 is 1.43 bits per heavy atom. The molecule has 1 aromatic carbocycles. The van der Waals surface area contributed by atoms with E-state index in [1.807, 2.05) is 13.8 Å². The van der Waals surface area contributed by atoms with Crippen LogP contribution in [0.5, 0.6) is 0 Å². The topological polar surface area (TPSA) is 64.4 Å². The van der Waals surface area contributed by atoms with E-state index < -0.39 is 5.97 Å². The molecule has 0 fully saturated rings. The number of imidazole rings is 1. The minimum atomic E-state index is -0.923. The third-order valence-corrected chi connectivity index (χ3v) is 3.71. The Balaban J connectivity index is 2.56. The minimum absolute atomic E-state index is 0.138. The van der Waals surface area contributed by atoms with Gasteiger partial charge in [-0.15, -0.1) is 0 Å². The first-order valence-electron chi connectivity index (χ1n) is 7.25. The van der Waals surface area contributed by atoms with Gasteiger partial charge < -0.3 is 14.4 Å². The minimum Gasteiger partial charge on any atom is -0.478 e. The lowest BCUT2D eigenvalue weighted by atomic mass is 10.0. The van der Waals surface area contributed by atoms with Crippen LogP contribution in [-0.4, -0.2) is 33.8 Å². The molecule has 0 saturated heterocycles. The van der Waals surface area contributed by atoms with Crippen LogP contribution in [0.1, 0.15) is 43.0 Å². The summed E-state index contributed by atoms with van der Waals surface area (Å²) in [6.45, 7) is 9.44. The molecular weight excluding hydrogens is 268 g/mol. The van der Waals surface area contributed by atoms with Gasteiger partial charge in [0.1, 0.15) is 5.82 Å².